The molecule has 0 atom stereocenters. The first-order valence-corrected chi connectivity index (χ1v) is 9.93. The largest absolute Gasteiger partial charge is 0.224 e. The molecule has 0 radical (unpaired) electrons. The van der Waals surface area contributed by atoms with Crippen molar-refractivity contribution in [3.05, 3.63) is 64.4 Å². The van der Waals surface area contributed by atoms with Gasteiger partial charge in [0, 0.05) is 17.4 Å². The lowest BCUT2D eigenvalue weighted by molar-refractivity contribution is 0.522. The van der Waals surface area contributed by atoms with Gasteiger partial charge in [-0.1, -0.05) is 29.8 Å². The molecule has 2 nitrogen and oxygen atoms in total. The number of halogens is 2. The minimum absolute atomic E-state index is 0.314. The van der Waals surface area contributed by atoms with Crippen LogP contribution in [0.5, 0.6) is 0 Å². The maximum atomic E-state index is 14.2. The zero-order valence-electron chi connectivity index (χ0n) is 13.0. The summed E-state index contributed by atoms with van der Waals surface area (Å²) < 4.78 is 51.4. The first-order chi connectivity index (χ1) is 11.3. The van der Waals surface area contributed by atoms with Gasteiger partial charge in [0.2, 0.25) is 0 Å². The van der Waals surface area contributed by atoms with E-state index in [-0.39, 0.29) is 0 Å². The van der Waals surface area contributed by atoms with E-state index >= 15 is 0 Å². The second-order valence-corrected chi connectivity index (χ2v) is 8.30. The van der Waals surface area contributed by atoms with Crippen LogP contribution in [0.3, 0.4) is 0 Å². The minimum atomic E-state index is -3.96. The van der Waals surface area contributed by atoms with Crippen LogP contribution in [-0.4, -0.2) is 14.7 Å². The van der Waals surface area contributed by atoms with E-state index in [2.05, 4.69) is 0 Å². The molecule has 0 amide bonds. The van der Waals surface area contributed by atoms with Crippen LogP contribution < -0.4 is 0 Å². The van der Waals surface area contributed by atoms with Crippen LogP contribution in [0.1, 0.15) is 5.56 Å². The molecule has 0 aliphatic rings. The van der Waals surface area contributed by atoms with Crippen molar-refractivity contribution in [1.82, 2.24) is 0 Å². The van der Waals surface area contributed by atoms with Crippen molar-refractivity contribution in [2.24, 2.45) is 0 Å². The molecule has 3 aromatic rings. The number of rotatable bonds is 3. The number of hydrogen-bond acceptors (Lipinski definition) is 3. The Balaban J connectivity index is 2.15. The van der Waals surface area contributed by atoms with Gasteiger partial charge in [0.1, 0.15) is 16.5 Å². The predicted octanol–water partition coefficient (Wildman–Crippen LogP) is 5.07. The average molecular weight is 364 g/mol. The molecule has 0 fully saturated rings. The van der Waals surface area contributed by atoms with E-state index < -0.39 is 26.4 Å². The van der Waals surface area contributed by atoms with E-state index in [9.17, 15) is 17.2 Å². The first kappa shape index (κ1) is 16.8. The van der Waals surface area contributed by atoms with Gasteiger partial charge in [0.15, 0.2) is 9.84 Å². The number of hydrogen-bond donors (Lipinski definition) is 0. The van der Waals surface area contributed by atoms with Gasteiger partial charge in [-0.15, -0.1) is 0 Å². The molecule has 0 spiro atoms. The molecule has 124 valence electrons. The summed E-state index contributed by atoms with van der Waals surface area (Å²) >= 11 is 1.42. The predicted molar refractivity (Wildman–Crippen MR) is 93.0 cm³/mol. The molecule has 0 aliphatic heterocycles. The van der Waals surface area contributed by atoms with Crippen molar-refractivity contribution in [2.45, 2.75) is 11.8 Å². The lowest BCUT2D eigenvalue weighted by atomic mass is 9.98. The average Bonchev–Trinajstić information content (AvgIpc) is 2.95. The molecule has 0 aliphatic carbocycles. The van der Waals surface area contributed by atoms with Crippen molar-refractivity contribution in [3.63, 3.8) is 0 Å². The van der Waals surface area contributed by atoms with Crippen LogP contribution in [0, 0.1) is 18.6 Å². The van der Waals surface area contributed by atoms with Crippen LogP contribution in [0.25, 0.3) is 22.3 Å². The van der Waals surface area contributed by atoms with Crippen molar-refractivity contribution in [2.75, 3.05) is 6.26 Å². The lowest BCUT2D eigenvalue weighted by Gasteiger charge is -2.09. The van der Waals surface area contributed by atoms with Gasteiger partial charge >= 0.3 is 0 Å². The summed E-state index contributed by atoms with van der Waals surface area (Å²) in [6, 6.07) is 9.95. The normalized spacial score (nSPS) is 11.7. The van der Waals surface area contributed by atoms with Gasteiger partial charge < -0.3 is 0 Å². The Kier molecular flexibility index (Phi) is 4.27. The van der Waals surface area contributed by atoms with Gasteiger partial charge in [0.25, 0.3) is 0 Å². The summed E-state index contributed by atoms with van der Waals surface area (Å²) in [6.07, 6.45) is 0.788. The first-order valence-electron chi connectivity index (χ1n) is 7.10. The lowest BCUT2D eigenvalue weighted by Crippen LogP contribution is -2.04. The standard InChI is InChI=1S/C18H14F2O2S2/c1-11-3-5-12(6-4-11)14-9-23-10-15(14)13-7-16(19)18(17(20)8-13)24(2,21)22/h3-10H,1-2H3. The summed E-state index contributed by atoms with van der Waals surface area (Å²) in [4.78, 5) is -0.890. The maximum absolute atomic E-state index is 14.2. The van der Waals surface area contributed by atoms with Crippen molar-refractivity contribution < 1.29 is 17.2 Å². The summed E-state index contributed by atoms with van der Waals surface area (Å²) in [5.41, 5.74) is 3.89. The Labute approximate surface area is 143 Å². The van der Waals surface area contributed by atoms with E-state index in [4.69, 9.17) is 0 Å². The van der Waals surface area contributed by atoms with Gasteiger partial charge in [-0.3, -0.25) is 0 Å². The molecule has 0 saturated carbocycles. The van der Waals surface area contributed by atoms with Crippen molar-refractivity contribution in [3.8, 4) is 22.3 Å². The monoisotopic (exact) mass is 364 g/mol. The van der Waals surface area contributed by atoms with Crippen LogP contribution in [0.4, 0.5) is 8.78 Å². The molecule has 3 rings (SSSR count). The zero-order valence-corrected chi connectivity index (χ0v) is 14.6. The van der Waals surface area contributed by atoms with Crippen LogP contribution >= 0.6 is 11.3 Å². The van der Waals surface area contributed by atoms with Crippen LogP contribution in [0.2, 0.25) is 0 Å². The van der Waals surface area contributed by atoms with Gasteiger partial charge in [-0.2, -0.15) is 11.3 Å². The smallest absolute Gasteiger partial charge is 0.181 e. The third-order valence-corrected chi connectivity index (χ3v) is 5.58. The zero-order chi connectivity index (χ0) is 17.5. The molecule has 6 heteroatoms. The highest BCUT2D eigenvalue weighted by Gasteiger charge is 2.22. The Morgan fingerprint density at radius 1 is 0.875 bits per heavy atom. The van der Waals surface area contributed by atoms with Gasteiger partial charge in [-0.25, -0.2) is 17.2 Å². The highest BCUT2D eigenvalue weighted by Crippen LogP contribution is 2.37. The molecule has 0 N–H and O–H groups in total. The Hall–Kier alpha value is -2.05. The summed E-state index contributed by atoms with van der Waals surface area (Å²) in [7, 11) is -3.96. The van der Waals surface area contributed by atoms with E-state index in [1.807, 2.05) is 36.6 Å². The summed E-state index contributed by atoms with van der Waals surface area (Å²) in [5.74, 6) is -2.15. The maximum Gasteiger partial charge on any atom is 0.181 e. The van der Waals surface area contributed by atoms with Crippen LogP contribution in [0.15, 0.2) is 52.1 Å². The fourth-order valence-electron chi connectivity index (χ4n) is 2.55. The molecular weight excluding hydrogens is 350 g/mol. The van der Waals surface area contributed by atoms with Gasteiger partial charge in [0.05, 0.1) is 0 Å². The number of aryl methyl sites for hydroxylation is 1. The molecular formula is C18H14F2O2S2. The topological polar surface area (TPSA) is 34.1 Å². The third-order valence-electron chi connectivity index (χ3n) is 3.70. The third kappa shape index (κ3) is 3.12. The highest BCUT2D eigenvalue weighted by atomic mass is 32.2. The SMILES string of the molecule is Cc1ccc(-c2cscc2-c2cc(F)c(S(C)(=O)=O)c(F)c2)cc1. The molecule has 0 saturated heterocycles. The second kappa shape index (κ2) is 6.11. The molecule has 2 aromatic carbocycles. The molecule has 24 heavy (non-hydrogen) atoms. The van der Waals surface area contributed by atoms with E-state index in [0.29, 0.717) is 11.1 Å². The molecule has 0 bridgehead atoms. The van der Waals surface area contributed by atoms with E-state index in [1.165, 1.54) is 11.3 Å². The number of benzene rings is 2. The second-order valence-electron chi connectivity index (χ2n) is 5.61. The molecule has 1 heterocycles. The highest BCUT2D eigenvalue weighted by molar-refractivity contribution is 7.90. The van der Waals surface area contributed by atoms with E-state index in [1.54, 1.807) is 5.38 Å². The van der Waals surface area contributed by atoms with Gasteiger partial charge in [-0.05, 0) is 40.9 Å². The quantitative estimate of drug-likeness (QED) is 0.650. The van der Waals surface area contributed by atoms with Crippen molar-refractivity contribution in [1.29, 1.82) is 0 Å². The fourth-order valence-corrected chi connectivity index (χ4v) is 4.24. The Morgan fingerprint density at radius 3 is 1.88 bits per heavy atom. The molecule has 0 unspecified atom stereocenters. The number of sulfone groups is 1. The molecule has 1 aromatic heterocycles. The summed E-state index contributed by atoms with van der Waals surface area (Å²) in [5, 5.41) is 3.70. The minimum Gasteiger partial charge on any atom is -0.224 e. The van der Waals surface area contributed by atoms with E-state index in [0.717, 1.165) is 35.1 Å². The number of thiophene rings is 1. The Morgan fingerprint density at radius 2 is 1.38 bits per heavy atom. The Bertz CT molecular complexity index is 981. The van der Waals surface area contributed by atoms with Crippen LogP contribution in [-0.2, 0) is 9.84 Å². The summed E-state index contributed by atoms with van der Waals surface area (Å²) in [6.45, 7) is 1.98. The van der Waals surface area contributed by atoms with Crippen molar-refractivity contribution >= 4 is 21.2 Å². The fraction of sp³-hybridized carbons (Fsp3) is 0.111.